The first-order chi connectivity index (χ1) is 23.8. The summed E-state index contributed by atoms with van der Waals surface area (Å²) in [6.07, 6.45) is 21.2. The molecule has 1 fully saturated rings. The third kappa shape index (κ3) is 11.5. The molecule has 8 nitrogen and oxygen atoms in total. The molecule has 0 aliphatic carbocycles. The lowest BCUT2D eigenvalue weighted by molar-refractivity contribution is 0.0616. The van der Waals surface area contributed by atoms with Crippen molar-refractivity contribution < 1.29 is 28.9 Å². The summed E-state index contributed by atoms with van der Waals surface area (Å²) in [6, 6.07) is 9.46. The largest absolute Gasteiger partial charge is 0.513 e. The Morgan fingerprint density at radius 1 is 1.00 bits per heavy atom. The number of β-amino-alcohol motifs (C(OH)–C–C–N with tert-alkyl or cyclic N) is 1. The average molecular weight is 694 g/mol. The van der Waals surface area contributed by atoms with Crippen LogP contribution in [-0.4, -0.2) is 54.1 Å². The molecule has 266 valence electrons. The Morgan fingerprint density at radius 2 is 1.69 bits per heavy atom. The van der Waals surface area contributed by atoms with Gasteiger partial charge in [-0.1, -0.05) is 93.5 Å². The Hall–Kier alpha value is -3.59. The molecule has 2 N–H and O–H groups in total. The predicted octanol–water partition coefficient (Wildman–Crippen LogP) is 9.93. The number of allylic oxidation sites excluding steroid dienone is 4. The number of ether oxygens (including phenoxy) is 2. The molecule has 0 spiro atoms. The molecule has 3 aromatic rings. The van der Waals surface area contributed by atoms with E-state index < -0.39 is 29.4 Å². The second-order valence-corrected chi connectivity index (χ2v) is 13.4. The first-order valence-corrected chi connectivity index (χ1v) is 18.3. The zero-order chi connectivity index (χ0) is 35.0. The number of fused-ring (bicyclic) bond motifs is 1. The van der Waals surface area contributed by atoms with Gasteiger partial charge in [-0.15, -0.1) is 0 Å². The summed E-state index contributed by atoms with van der Waals surface area (Å²) >= 11 is 6.42. The number of piperidine rings is 1. The Morgan fingerprint density at radius 3 is 2.41 bits per heavy atom. The summed E-state index contributed by atoms with van der Waals surface area (Å²) < 4.78 is 17.3. The second-order valence-electron chi connectivity index (χ2n) is 13.0. The number of carbonyl (C=O) groups excluding carboxylic acids is 1. The third-order valence-corrected chi connectivity index (χ3v) is 9.36. The zero-order valence-corrected chi connectivity index (χ0v) is 29.8. The van der Waals surface area contributed by atoms with Gasteiger partial charge in [-0.3, -0.25) is 4.79 Å². The van der Waals surface area contributed by atoms with Crippen molar-refractivity contribution in [2.24, 2.45) is 0 Å². The van der Waals surface area contributed by atoms with Crippen LogP contribution >= 0.6 is 11.6 Å². The molecule has 2 atom stereocenters. The summed E-state index contributed by atoms with van der Waals surface area (Å²) in [5, 5.41) is 22.4. The summed E-state index contributed by atoms with van der Waals surface area (Å²) in [4.78, 5) is 28.2. The molecule has 0 radical (unpaired) electrons. The SMILES string of the molecule is CCCCCC=CCC=CCCCCCCCCOC(=O)Oc1cc(O)c2c(=O)cc(-c3ccccc3Cl)oc2c1C1CCN(C)C[C@@H]1O. The van der Waals surface area contributed by atoms with E-state index in [9.17, 15) is 19.8 Å². The van der Waals surface area contributed by atoms with Crippen LogP contribution in [-0.2, 0) is 4.74 Å². The van der Waals surface area contributed by atoms with Crippen LogP contribution in [0.4, 0.5) is 4.79 Å². The molecular formula is C40H52ClNO7. The number of carbonyl (C=O) groups is 1. The molecule has 9 heteroatoms. The number of unbranched alkanes of at least 4 members (excludes halogenated alkanes) is 9. The zero-order valence-electron chi connectivity index (χ0n) is 29.0. The fourth-order valence-electron chi connectivity index (χ4n) is 6.33. The van der Waals surface area contributed by atoms with Gasteiger partial charge in [0.05, 0.1) is 17.7 Å². The first kappa shape index (κ1) is 38.2. The maximum Gasteiger partial charge on any atom is 0.513 e. The van der Waals surface area contributed by atoms with Crippen LogP contribution in [0.1, 0.15) is 102 Å². The first-order valence-electron chi connectivity index (χ1n) is 17.9. The van der Waals surface area contributed by atoms with Gasteiger partial charge in [0, 0.05) is 35.7 Å². The quantitative estimate of drug-likeness (QED) is 0.0586. The van der Waals surface area contributed by atoms with E-state index in [0.717, 1.165) is 32.1 Å². The highest BCUT2D eigenvalue weighted by atomic mass is 35.5. The molecule has 1 aliphatic rings. The van der Waals surface area contributed by atoms with Crippen LogP contribution in [0.15, 0.2) is 69.9 Å². The number of nitrogens with zero attached hydrogens (tertiary/aromatic N) is 1. The van der Waals surface area contributed by atoms with Crippen LogP contribution in [0.5, 0.6) is 11.5 Å². The van der Waals surface area contributed by atoms with Gasteiger partial charge < -0.3 is 29.0 Å². The van der Waals surface area contributed by atoms with Crippen molar-refractivity contribution in [3.8, 4) is 22.8 Å². The lowest BCUT2D eigenvalue weighted by Crippen LogP contribution is -2.40. The van der Waals surface area contributed by atoms with Crippen LogP contribution in [0.3, 0.4) is 0 Å². The standard InChI is InChI=1S/C40H52ClNO7/c1-3-4-5-6-7-8-9-10-11-12-13-14-15-16-17-20-25-47-40(46)49-36-27-33(44)38-32(43)26-35(29-21-18-19-22-31(29)41)48-39(38)37(36)30-23-24-42(2)28-34(30)45/h7-8,10-11,18-19,21-22,26-27,30,34,44-45H,3-6,9,12-17,20,23-25,28H2,1-2H3/t30?,34-/m0/s1. The highest BCUT2D eigenvalue weighted by Crippen LogP contribution is 2.43. The van der Waals surface area contributed by atoms with Crippen LogP contribution in [0.2, 0.25) is 5.02 Å². The van der Waals surface area contributed by atoms with E-state index in [2.05, 4.69) is 31.2 Å². The number of halogens is 1. The Balaban J connectivity index is 1.32. The Bertz CT molecular complexity index is 1610. The van der Waals surface area contributed by atoms with E-state index in [4.69, 9.17) is 25.5 Å². The molecular weight excluding hydrogens is 642 g/mol. The fraction of sp³-hybridized carbons (Fsp3) is 0.500. The topological polar surface area (TPSA) is 109 Å². The molecule has 49 heavy (non-hydrogen) atoms. The normalized spacial score (nSPS) is 17.0. The molecule has 2 heterocycles. The molecule has 4 rings (SSSR count). The van der Waals surface area contributed by atoms with Crippen molar-refractivity contribution >= 4 is 28.7 Å². The Labute approximate surface area is 295 Å². The average Bonchev–Trinajstić information content (AvgIpc) is 3.07. The molecule has 1 aromatic heterocycles. The van der Waals surface area contributed by atoms with Crippen LogP contribution < -0.4 is 10.2 Å². The monoisotopic (exact) mass is 693 g/mol. The predicted molar refractivity (Wildman–Crippen MR) is 197 cm³/mol. The van der Waals surface area contributed by atoms with Crippen LogP contribution in [0.25, 0.3) is 22.3 Å². The van der Waals surface area contributed by atoms with E-state index in [1.54, 1.807) is 24.3 Å². The fourth-order valence-corrected chi connectivity index (χ4v) is 6.56. The number of hydrogen-bond donors (Lipinski definition) is 2. The molecule has 0 saturated carbocycles. The smallest absolute Gasteiger partial charge is 0.507 e. The number of likely N-dealkylation sites (N-methyl/N-ethyl adjacent to an activating group) is 1. The number of likely N-dealkylation sites (tertiary alicyclic amines) is 1. The van der Waals surface area contributed by atoms with Crippen molar-refractivity contribution in [1.29, 1.82) is 0 Å². The molecule has 1 saturated heterocycles. The highest BCUT2D eigenvalue weighted by Gasteiger charge is 2.34. The molecule has 0 amide bonds. The molecule has 1 aliphatic heterocycles. The van der Waals surface area contributed by atoms with Gasteiger partial charge in [0.15, 0.2) is 5.43 Å². The number of aliphatic hydroxyl groups excluding tert-OH is 1. The third-order valence-electron chi connectivity index (χ3n) is 9.04. The van der Waals surface area contributed by atoms with E-state index in [1.807, 2.05) is 11.9 Å². The van der Waals surface area contributed by atoms with Crippen molar-refractivity contribution in [2.45, 2.75) is 102 Å². The number of aromatic hydroxyl groups is 1. The number of rotatable bonds is 18. The molecule has 1 unspecified atom stereocenters. The van der Waals surface area contributed by atoms with E-state index >= 15 is 0 Å². The number of phenols is 1. The van der Waals surface area contributed by atoms with Gasteiger partial charge >= 0.3 is 6.16 Å². The summed E-state index contributed by atoms with van der Waals surface area (Å²) in [5.74, 6) is -0.739. The van der Waals surface area contributed by atoms with E-state index in [0.29, 0.717) is 42.1 Å². The summed E-state index contributed by atoms with van der Waals surface area (Å²) in [6.45, 7) is 3.46. The van der Waals surface area contributed by atoms with Crippen molar-refractivity contribution in [2.75, 3.05) is 26.7 Å². The van der Waals surface area contributed by atoms with Crippen molar-refractivity contribution in [1.82, 2.24) is 4.90 Å². The van der Waals surface area contributed by atoms with Gasteiger partial charge in [-0.25, -0.2) is 4.79 Å². The lowest BCUT2D eigenvalue weighted by atomic mass is 9.85. The lowest BCUT2D eigenvalue weighted by Gasteiger charge is -2.34. The van der Waals surface area contributed by atoms with Gasteiger partial charge in [-0.2, -0.15) is 0 Å². The van der Waals surface area contributed by atoms with Crippen molar-refractivity contribution in [3.63, 3.8) is 0 Å². The Kier molecular flexibility index (Phi) is 15.7. The minimum atomic E-state index is -0.922. The minimum Gasteiger partial charge on any atom is -0.507 e. The minimum absolute atomic E-state index is 0.0138. The molecule has 2 aromatic carbocycles. The molecule has 0 bridgehead atoms. The number of hydrogen-bond acceptors (Lipinski definition) is 8. The van der Waals surface area contributed by atoms with Gasteiger partial charge in [-0.05, 0) is 70.7 Å². The number of phenolic OH excluding ortho intramolecular Hbond substituents is 1. The maximum absolute atomic E-state index is 13.3. The second kappa shape index (κ2) is 20.2. The number of benzene rings is 2. The van der Waals surface area contributed by atoms with Crippen LogP contribution in [0, 0.1) is 0 Å². The van der Waals surface area contributed by atoms with Gasteiger partial charge in [0.2, 0.25) is 0 Å². The van der Waals surface area contributed by atoms with Gasteiger partial charge in [0.1, 0.15) is 28.2 Å². The van der Waals surface area contributed by atoms with Crippen molar-refractivity contribution in [3.05, 3.63) is 81.5 Å². The van der Waals surface area contributed by atoms with E-state index in [1.165, 1.54) is 50.7 Å². The number of aliphatic hydroxyl groups is 1. The van der Waals surface area contributed by atoms with E-state index in [-0.39, 0.29) is 29.1 Å². The van der Waals surface area contributed by atoms with Gasteiger partial charge in [0.25, 0.3) is 0 Å². The maximum atomic E-state index is 13.3. The summed E-state index contributed by atoms with van der Waals surface area (Å²) in [5.41, 5.74) is 0.398. The highest BCUT2D eigenvalue weighted by molar-refractivity contribution is 6.33. The summed E-state index contributed by atoms with van der Waals surface area (Å²) in [7, 11) is 1.91.